The van der Waals surface area contributed by atoms with Gasteiger partial charge < -0.3 is 0 Å². The normalized spacial score (nSPS) is 12.5. The first-order valence-electron chi connectivity index (χ1n) is 9.07. The van der Waals surface area contributed by atoms with Crippen LogP contribution in [0.4, 0.5) is 8.78 Å². The van der Waals surface area contributed by atoms with Crippen molar-refractivity contribution < 1.29 is 25.6 Å². The van der Waals surface area contributed by atoms with Gasteiger partial charge >= 0.3 is 0 Å². The van der Waals surface area contributed by atoms with Crippen LogP contribution in [0.2, 0.25) is 0 Å². The van der Waals surface area contributed by atoms with Gasteiger partial charge in [-0.2, -0.15) is 5.10 Å². The van der Waals surface area contributed by atoms with E-state index in [9.17, 15) is 25.6 Å². The highest BCUT2D eigenvalue weighted by atomic mass is 32.2. The lowest BCUT2D eigenvalue weighted by molar-refractivity contribution is 0.510. The molecule has 0 atom stereocenters. The first-order chi connectivity index (χ1) is 14.6. The van der Waals surface area contributed by atoms with Crippen LogP contribution < -0.4 is 0 Å². The standard InChI is InChI=1S/C20H17F2N3O4S2/c1-30(26,27)8-7-24-12-14(11-23-24)17-13-25(20-10-19(22)18(21)9-16(17)20)31(28,29)15-5-3-2-4-6-15/h2-6,9-13H,7-8H2,1H3. The van der Waals surface area contributed by atoms with Gasteiger partial charge in [-0.15, -0.1) is 0 Å². The van der Waals surface area contributed by atoms with Gasteiger partial charge in [0.05, 0.1) is 28.9 Å². The maximum atomic E-state index is 14.0. The number of fused-ring (bicyclic) bond motifs is 1. The fourth-order valence-electron chi connectivity index (χ4n) is 3.21. The number of nitrogens with zero attached hydrogens (tertiary/aromatic N) is 3. The fraction of sp³-hybridized carbons (Fsp3) is 0.150. The van der Waals surface area contributed by atoms with E-state index in [0.717, 1.165) is 22.4 Å². The predicted molar refractivity (Wildman–Crippen MR) is 112 cm³/mol. The molecule has 0 aliphatic heterocycles. The lowest BCUT2D eigenvalue weighted by Gasteiger charge is -2.07. The monoisotopic (exact) mass is 465 g/mol. The van der Waals surface area contributed by atoms with Crippen molar-refractivity contribution in [3.05, 3.63) is 72.7 Å². The zero-order chi connectivity index (χ0) is 22.4. The highest BCUT2D eigenvalue weighted by molar-refractivity contribution is 7.90. The van der Waals surface area contributed by atoms with E-state index >= 15 is 0 Å². The third-order valence-corrected chi connectivity index (χ3v) is 7.36. The van der Waals surface area contributed by atoms with E-state index in [-0.39, 0.29) is 28.1 Å². The summed E-state index contributed by atoms with van der Waals surface area (Å²) in [5.74, 6) is -2.42. The molecule has 0 aliphatic carbocycles. The van der Waals surface area contributed by atoms with Crippen LogP contribution in [0.25, 0.3) is 22.0 Å². The summed E-state index contributed by atoms with van der Waals surface area (Å²) in [4.78, 5) is -0.00738. The molecule has 2 aromatic heterocycles. The van der Waals surface area contributed by atoms with E-state index in [1.807, 2.05) is 0 Å². The molecule has 0 aliphatic rings. The van der Waals surface area contributed by atoms with Crippen LogP contribution in [-0.2, 0) is 26.4 Å². The second kappa shape index (κ2) is 7.57. The number of hydrogen-bond acceptors (Lipinski definition) is 5. The van der Waals surface area contributed by atoms with Gasteiger partial charge in [0.1, 0.15) is 9.84 Å². The van der Waals surface area contributed by atoms with Crippen LogP contribution in [0, 0.1) is 11.6 Å². The Morgan fingerprint density at radius 1 is 0.968 bits per heavy atom. The SMILES string of the molecule is CS(=O)(=O)CCn1cc(-c2cn(S(=O)(=O)c3ccccc3)c3cc(F)c(F)cc23)cn1. The fourth-order valence-corrected chi connectivity index (χ4v) is 5.11. The molecule has 11 heteroatoms. The minimum absolute atomic E-state index is 0.00738. The Kier molecular flexibility index (Phi) is 5.18. The number of rotatable bonds is 6. The molecule has 0 unspecified atom stereocenters. The minimum Gasteiger partial charge on any atom is -0.271 e. The highest BCUT2D eigenvalue weighted by Gasteiger charge is 2.24. The molecule has 0 bridgehead atoms. The zero-order valence-corrected chi connectivity index (χ0v) is 17.9. The van der Waals surface area contributed by atoms with Crippen molar-refractivity contribution in [3.63, 3.8) is 0 Å². The largest absolute Gasteiger partial charge is 0.271 e. The predicted octanol–water partition coefficient (Wildman–Crippen LogP) is 3.06. The molecule has 7 nitrogen and oxygen atoms in total. The second-order valence-electron chi connectivity index (χ2n) is 7.06. The van der Waals surface area contributed by atoms with Gasteiger partial charge in [-0.25, -0.2) is 29.6 Å². The Morgan fingerprint density at radius 3 is 2.32 bits per heavy atom. The summed E-state index contributed by atoms with van der Waals surface area (Å²) in [5, 5.41) is 4.28. The maximum Gasteiger partial charge on any atom is 0.268 e. The number of hydrogen-bond donors (Lipinski definition) is 0. The van der Waals surface area contributed by atoms with E-state index in [2.05, 4.69) is 5.10 Å². The Hall–Kier alpha value is -3.05. The van der Waals surface area contributed by atoms with Gasteiger partial charge in [-0.3, -0.25) is 4.68 Å². The maximum absolute atomic E-state index is 14.0. The first-order valence-corrected chi connectivity index (χ1v) is 12.6. The van der Waals surface area contributed by atoms with Gasteiger partial charge in [-0.1, -0.05) is 18.2 Å². The number of halogens is 2. The molecule has 0 amide bonds. The van der Waals surface area contributed by atoms with Crippen molar-refractivity contribution >= 4 is 30.8 Å². The summed E-state index contributed by atoms with van der Waals surface area (Å²) in [6.45, 7) is 0.1000. The quantitative estimate of drug-likeness (QED) is 0.437. The molecule has 31 heavy (non-hydrogen) atoms. The summed E-state index contributed by atoms with van der Waals surface area (Å²) in [5.41, 5.74) is 0.729. The number of aromatic nitrogens is 3. The average molecular weight is 466 g/mol. The number of sulfone groups is 1. The summed E-state index contributed by atoms with van der Waals surface area (Å²) in [7, 11) is -7.29. The van der Waals surface area contributed by atoms with Crippen LogP contribution in [0.5, 0.6) is 0 Å². The van der Waals surface area contributed by atoms with Gasteiger partial charge in [0.2, 0.25) is 0 Å². The van der Waals surface area contributed by atoms with Crippen molar-refractivity contribution in [3.8, 4) is 11.1 Å². The minimum atomic E-state index is -4.08. The lowest BCUT2D eigenvalue weighted by Crippen LogP contribution is -2.11. The second-order valence-corrected chi connectivity index (χ2v) is 11.1. The molecular weight excluding hydrogens is 448 g/mol. The third kappa shape index (κ3) is 4.10. The van der Waals surface area contributed by atoms with Crippen molar-refractivity contribution in [1.82, 2.24) is 13.8 Å². The molecule has 4 aromatic rings. The Labute approximate surface area is 177 Å². The molecule has 2 aromatic carbocycles. The Balaban J connectivity index is 1.88. The molecule has 162 valence electrons. The summed E-state index contributed by atoms with van der Waals surface area (Å²) < 4.78 is 79.4. The van der Waals surface area contributed by atoms with Crippen molar-refractivity contribution in [2.75, 3.05) is 12.0 Å². The molecule has 0 spiro atoms. The molecular formula is C20H17F2N3O4S2. The van der Waals surface area contributed by atoms with Crippen LogP contribution in [-0.4, -0.2) is 42.6 Å². The van der Waals surface area contributed by atoms with Gasteiger partial charge in [0, 0.05) is 41.2 Å². The van der Waals surface area contributed by atoms with Crippen molar-refractivity contribution in [1.29, 1.82) is 0 Å². The summed E-state index contributed by atoms with van der Waals surface area (Å²) >= 11 is 0. The van der Waals surface area contributed by atoms with E-state index in [1.165, 1.54) is 35.4 Å². The van der Waals surface area contributed by atoms with Gasteiger partial charge in [-0.05, 0) is 18.2 Å². The number of aryl methyl sites for hydroxylation is 1. The molecule has 0 fully saturated rings. The lowest BCUT2D eigenvalue weighted by atomic mass is 10.1. The summed E-state index contributed by atoms with van der Waals surface area (Å²) in [6.07, 6.45) is 5.33. The van der Waals surface area contributed by atoms with E-state index in [4.69, 9.17) is 0 Å². The van der Waals surface area contributed by atoms with Crippen LogP contribution >= 0.6 is 0 Å². The van der Waals surface area contributed by atoms with Gasteiger partial charge in [0.25, 0.3) is 10.0 Å². The Morgan fingerprint density at radius 2 is 1.65 bits per heavy atom. The van der Waals surface area contributed by atoms with E-state index < -0.39 is 31.5 Å². The smallest absolute Gasteiger partial charge is 0.268 e. The van der Waals surface area contributed by atoms with Crippen molar-refractivity contribution in [2.24, 2.45) is 0 Å². The molecule has 0 radical (unpaired) electrons. The molecule has 0 N–H and O–H groups in total. The molecule has 0 saturated carbocycles. The molecule has 2 heterocycles. The topological polar surface area (TPSA) is 91.0 Å². The van der Waals surface area contributed by atoms with E-state index in [1.54, 1.807) is 18.2 Å². The number of benzene rings is 2. The third-order valence-electron chi connectivity index (χ3n) is 4.75. The van der Waals surface area contributed by atoms with Crippen molar-refractivity contribution in [2.45, 2.75) is 11.4 Å². The summed E-state index contributed by atoms with van der Waals surface area (Å²) in [6, 6.07) is 9.37. The van der Waals surface area contributed by atoms with Gasteiger partial charge in [0.15, 0.2) is 11.6 Å². The van der Waals surface area contributed by atoms with Crippen LogP contribution in [0.1, 0.15) is 0 Å². The van der Waals surface area contributed by atoms with Crippen LogP contribution in [0.3, 0.4) is 0 Å². The van der Waals surface area contributed by atoms with E-state index in [0.29, 0.717) is 11.1 Å². The van der Waals surface area contributed by atoms with Crippen LogP contribution in [0.15, 0.2) is 66.0 Å². The zero-order valence-electron chi connectivity index (χ0n) is 16.2. The first kappa shape index (κ1) is 21.2. The molecule has 0 saturated heterocycles. The average Bonchev–Trinajstić information content (AvgIpc) is 3.32. The Bertz CT molecular complexity index is 1490. The molecule has 4 rings (SSSR count). The highest BCUT2D eigenvalue weighted by Crippen LogP contribution is 2.34.